The highest BCUT2D eigenvalue weighted by molar-refractivity contribution is 6.40. The fourth-order valence-corrected chi connectivity index (χ4v) is 5.42. The van der Waals surface area contributed by atoms with E-state index < -0.39 is 6.16 Å². The lowest BCUT2D eigenvalue weighted by atomic mass is 9.73. The molecule has 2 aromatic rings. The molecule has 1 aliphatic carbocycles. The number of benzene rings is 2. The van der Waals surface area contributed by atoms with Gasteiger partial charge in [0.25, 0.3) is 5.91 Å². The van der Waals surface area contributed by atoms with E-state index in [1.54, 1.807) is 36.4 Å². The van der Waals surface area contributed by atoms with E-state index >= 15 is 0 Å². The monoisotopic (exact) mass is 461 g/mol. The molecule has 0 N–H and O–H groups in total. The second-order valence-electron chi connectivity index (χ2n) is 8.43. The minimum atomic E-state index is -0.779. The van der Waals surface area contributed by atoms with Crippen LogP contribution in [-0.4, -0.2) is 37.2 Å². The smallest absolute Gasteiger partial charge is 0.437 e. The van der Waals surface area contributed by atoms with Crippen molar-refractivity contribution in [1.82, 2.24) is 4.90 Å². The van der Waals surface area contributed by atoms with Gasteiger partial charge >= 0.3 is 6.16 Å². The van der Waals surface area contributed by atoms with Gasteiger partial charge < -0.3 is 14.4 Å². The molecule has 0 atom stereocenters. The van der Waals surface area contributed by atoms with Gasteiger partial charge in [-0.2, -0.15) is 0 Å². The highest BCUT2D eigenvalue weighted by Crippen LogP contribution is 2.44. The molecule has 2 aromatic carbocycles. The van der Waals surface area contributed by atoms with Crippen molar-refractivity contribution in [3.8, 4) is 16.9 Å². The van der Waals surface area contributed by atoms with Crippen LogP contribution in [0, 0.1) is 5.41 Å². The molecule has 0 aromatic heterocycles. The van der Waals surface area contributed by atoms with E-state index in [2.05, 4.69) is 4.74 Å². The molecule has 1 amide bonds. The number of methoxy groups -OCH3 is 1. The van der Waals surface area contributed by atoms with Crippen molar-refractivity contribution in [3.63, 3.8) is 0 Å². The van der Waals surface area contributed by atoms with Crippen molar-refractivity contribution >= 4 is 35.3 Å². The molecule has 31 heavy (non-hydrogen) atoms. The molecule has 4 rings (SSSR count). The van der Waals surface area contributed by atoms with E-state index in [1.807, 2.05) is 4.90 Å². The lowest BCUT2D eigenvalue weighted by Crippen LogP contribution is -2.33. The van der Waals surface area contributed by atoms with Crippen molar-refractivity contribution in [2.75, 3.05) is 20.2 Å². The highest BCUT2D eigenvalue weighted by atomic mass is 35.5. The second kappa shape index (κ2) is 9.09. The van der Waals surface area contributed by atoms with Gasteiger partial charge in [0.1, 0.15) is 5.75 Å². The number of halogens is 2. The Bertz CT molecular complexity index is 961. The Morgan fingerprint density at radius 1 is 0.935 bits per heavy atom. The van der Waals surface area contributed by atoms with Crippen molar-refractivity contribution in [3.05, 3.63) is 52.0 Å². The molecule has 1 aliphatic heterocycles. The van der Waals surface area contributed by atoms with Gasteiger partial charge in [0.15, 0.2) is 0 Å². The van der Waals surface area contributed by atoms with Crippen LogP contribution in [0.1, 0.15) is 48.9 Å². The van der Waals surface area contributed by atoms with E-state index in [0.29, 0.717) is 21.4 Å². The Labute approximate surface area is 192 Å². The van der Waals surface area contributed by atoms with Gasteiger partial charge in [-0.3, -0.25) is 4.79 Å². The Morgan fingerprint density at radius 3 is 2.19 bits per heavy atom. The molecule has 0 unspecified atom stereocenters. The first-order valence-corrected chi connectivity index (χ1v) is 11.3. The zero-order valence-corrected chi connectivity index (χ0v) is 19.0. The maximum atomic E-state index is 13.2. The maximum Gasteiger partial charge on any atom is 0.513 e. The third-order valence-corrected chi connectivity index (χ3v) is 7.05. The minimum Gasteiger partial charge on any atom is -0.437 e. The summed E-state index contributed by atoms with van der Waals surface area (Å²) in [4.78, 5) is 26.4. The summed E-state index contributed by atoms with van der Waals surface area (Å²) in [7, 11) is 1.25. The van der Waals surface area contributed by atoms with Crippen LogP contribution < -0.4 is 4.74 Å². The predicted molar refractivity (Wildman–Crippen MR) is 121 cm³/mol. The zero-order valence-electron chi connectivity index (χ0n) is 17.5. The fraction of sp³-hybridized carbons (Fsp3) is 0.417. The number of nitrogens with zero attached hydrogens (tertiary/aromatic N) is 1. The van der Waals surface area contributed by atoms with E-state index in [-0.39, 0.29) is 11.3 Å². The summed E-state index contributed by atoms with van der Waals surface area (Å²) >= 11 is 13.1. The van der Waals surface area contributed by atoms with E-state index in [0.717, 1.165) is 30.6 Å². The number of rotatable bonds is 3. The van der Waals surface area contributed by atoms with Gasteiger partial charge in [-0.25, -0.2) is 4.79 Å². The molecule has 0 radical (unpaired) electrons. The third-order valence-electron chi connectivity index (χ3n) is 6.45. The number of carbonyl (C=O) groups is 2. The standard InChI is InChI=1S/C24H25Cl2NO4/c1-30-23(29)31-18-7-5-16(6-8-18)17-13-19(25)21(20(26)14-17)22(28)27-12-11-24(15-27)9-3-2-4-10-24/h5-8,13-14H,2-4,9-12,15H2,1H3. The SMILES string of the molecule is COC(=O)Oc1ccc(-c2cc(Cl)c(C(=O)N3CCC4(CCCCC4)C3)c(Cl)c2)cc1. The van der Waals surface area contributed by atoms with Gasteiger partial charge in [-0.1, -0.05) is 54.6 Å². The average molecular weight is 462 g/mol. The topological polar surface area (TPSA) is 55.8 Å². The Kier molecular flexibility index (Phi) is 6.44. The van der Waals surface area contributed by atoms with E-state index in [1.165, 1.54) is 39.2 Å². The number of hydrogen-bond donors (Lipinski definition) is 0. The van der Waals surface area contributed by atoms with Gasteiger partial charge in [-0.15, -0.1) is 0 Å². The second-order valence-corrected chi connectivity index (χ2v) is 9.25. The summed E-state index contributed by atoms with van der Waals surface area (Å²) in [5.74, 6) is 0.274. The van der Waals surface area contributed by atoms with Crippen molar-refractivity contribution in [2.24, 2.45) is 5.41 Å². The van der Waals surface area contributed by atoms with Crippen LogP contribution in [0.25, 0.3) is 11.1 Å². The molecule has 2 fully saturated rings. The number of ether oxygens (including phenoxy) is 2. The van der Waals surface area contributed by atoms with Crippen LogP contribution in [-0.2, 0) is 4.74 Å². The molecule has 1 heterocycles. The average Bonchev–Trinajstić information content (AvgIpc) is 3.17. The number of hydrogen-bond acceptors (Lipinski definition) is 4. The molecule has 2 aliphatic rings. The zero-order chi connectivity index (χ0) is 22.0. The summed E-state index contributed by atoms with van der Waals surface area (Å²) in [5, 5.41) is 0.680. The summed E-state index contributed by atoms with van der Waals surface area (Å²) < 4.78 is 9.48. The van der Waals surface area contributed by atoms with Gasteiger partial charge in [0, 0.05) is 13.1 Å². The quantitative estimate of drug-likeness (QED) is 0.381. The highest BCUT2D eigenvalue weighted by Gasteiger charge is 2.41. The number of carbonyl (C=O) groups excluding carboxylic acids is 2. The van der Waals surface area contributed by atoms with Gasteiger partial charge in [-0.05, 0) is 60.1 Å². The van der Waals surface area contributed by atoms with Gasteiger partial charge in [0.2, 0.25) is 0 Å². The molecule has 164 valence electrons. The third kappa shape index (κ3) is 4.68. The van der Waals surface area contributed by atoms with Crippen LogP contribution in [0.5, 0.6) is 5.75 Å². The molecule has 1 saturated heterocycles. The molecule has 1 spiro atoms. The van der Waals surface area contributed by atoms with Crippen molar-refractivity contribution in [1.29, 1.82) is 0 Å². The van der Waals surface area contributed by atoms with E-state index in [4.69, 9.17) is 27.9 Å². The molecule has 0 bridgehead atoms. The molecule has 7 heteroatoms. The normalized spacial score (nSPS) is 17.6. The summed E-state index contributed by atoms with van der Waals surface area (Å²) in [6.45, 7) is 1.55. The van der Waals surface area contributed by atoms with Crippen LogP contribution in [0.3, 0.4) is 0 Å². The Morgan fingerprint density at radius 2 is 1.58 bits per heavy atom. The van der Waals surface area contributed by atoms with Crippen LogP contribution in [0.15, 0.2) is 36.4 Å². The first-order valence-electron chi connectivity index (χ1n) is 10.6. The van der Waals surface area contributed by atoms with Crippen LogP contribution in [0.2, 0.25) is 10.0 Å². The number of likely N-dealkylation sites (tertiary alicyclic amines) is 1. The Hall–Kier alpha value is -2.24. The first kappa shape index (κ1) is 22.0. The predicted octanol–water partition coefficient (Wildman–Crippen LogP) is 6.60. The molecular weight excluding hydrogens is 437 g/mol. The maximum absolute atomic E-state index is 13.2. The van der Waals surface area contributed by atoms with E-state index in [9.17, 15) is 9.59 Å². The largest absolute Gasteiger partial charge is 0.513 e. The fourth-order valence-electron chi connectivity index (χ4n) is 4.77. The summed E-state index contributed by atoms with van der Waals surface area (Å²) in [6.07, 6.45) is 6.48. The van der Waals surface area contributed by atoms with Crippen LogP contribution >= 0.6 is 23.2 Å². The molecular formula is C24H25Cl2NO4. The van der Waals surface area contributed by atoms with Crippen molar-refractivity contribution in [2.45, 2.75) is 38.5 Å². The lowest BCUT2D eigenvalue weighted by molar-refractivity contribution is 0.0759. The van der Waals surface area contributed by atoms with Gasteiger partial charge in [0.05, 0.1) is 22.7 Å². The lowest BCUT2D eigenvalue weighted by Gasteiger charge is -2.33. The Balaban J connectivity index is 1.52. The number of amides is 1. The summed E-state index contributed by atoms with van der Waals surface area (Å²) in [6, 6.07) is 10.4. The van der Waals surface area contributed by atoms with Crippen molar-refractivity contribution < 1.29 is 19.1 Å². The molecule has 1 saturated carbocycles. The summed E-state index contributed by atoms with van der Waals surface area (Å²) in [5.41, 5.74) is 2.26. The molecule has 5 nitrogen and oxygen atoms in total. The first-order chi connectivity index (χ1) is 14.9. The minimum absolute atomic E-state index is 0.0918. The van der Waals surface area contributed by atoms with Crippen LogP contribution in [0.4, 0.5) is 4.79 Å².